The number of aromatic nitrogens is 3. The number of para-hydroxylation sites is 1. The van der Waals surface area contributed by atoms with E-state index in [0.717, 1.165) is 29.0 Å². The fourth-order valence-corrected chi connectivity index (χ4v) is 2.80. The number of alkyl halides is 1. The molecule has 3 aromatic rings. The van der Waals surface area contributed by atoms with Crippen molar-refractivity contribution in [3.63, 3.8) is 0 Å². The number of benzene rings is 1. The summed E-state index contributed by atoms with van der Waals surface area (Å²) in [6, 6.07) is 5.70. The molecule has 0 saturated heterocycles. The van der Waals surface area contributed by atoms with Crippen LogP contribution in [-0.4, -0.2) is 20.4 Å². The average Bonchev–Trinajstić information content (AvgIpc) is 3.06. The molecule has 0 bridgehead atoms. The first-order chi connectivity index (χ1) is 10.2. The summed E-state index contributed by atoms with van der Waals surface area (Å²) in [6.07, 6.45) is 3.26. The largest absolute Gasteiger partial charge is 0.444 e. The number of nitrogens with zero attached hydrogens (tertiary/aromatic N) is 3. The van der Waals surface area contributed by atoms with E-state index in [1.165, 1.54) is 0 Å². The van der Waals surface area contributed by atoms with Crippen molar-refractivity contribution in [3.8, 4) is 0 Å². The second kappa shape index (κ2) is 6.08. The Morgan fingerprint density at radius 2 is 2.19 bits per heavy atom. The van der Waals surface area contributed by atoms with Gasteiger partial charge in [-0.05, 0) is 12.1 Å². The molecular formula is C15H15Cl2N3O. The van der Waals surface area contributed by atoms with Crippen LogP contribution in [0.25, 0.3) is 11.0 Å². The normalized spacial score (nSPS) is 11.4. The molecular weight excluding hydrogens is 309 g/mol. The third-order valence-corrected chi connectivity index (χ3v) is 3.85. The van der Waals surface area contributed by atoms with Gasteiger partial charge in [0, 0.05) is 18.7 Å². The van der Waals surface area contributed by atoms with E-state index in [2.05, 4.69) is 9.97 Å². The second-order valence-corrected chi connectivity index (χ2v) is 5.52. The molecule has 0 radical (unpaired) electrons. The summed E-state index contributed by atoms with van der Waals surface area (Å²) in [6.45, 7) is 2.54. The van der Waals surface area contributed by atoms with Gasteiger partial charge in [-0.2, -0.15) is 0 Å². The Morgan fingerprint density at radius 3 is 2.90 bits per heavy atom. The molecule has 0 saturated carbocycles. The van der Waals surface area contributed by atoms with Crippen LogP contribution < -0.4 is 0 Å². The van der Waals surface area contributed by atoms with Crippen molar-refractivity contribution in [3.05, 3.63) is 46.9 Å². The van der Waals surface area contributed by atoms with Crippen LogP contribution in [0.15, 0.2) is 28.8 Å². The molecule has 6 heteroatoms. The third-order valence-electron chi connectivity index (χ3n) is 3.36. The van der Waals surface area contributed by atoms with Crippen LogP contribution in [0.4, 0.5) is 0 Å². The Bertz CT molecular complexity index is 763. The molecule has 0 aliphatic rings. The van der Waals surface area contributed by atoms with Crippen molar-refractivity contribution in [2.24, 2.45) is 0 Å². The predicted octanol–water partition coefficient (Wildman–Crippen LogP) is 4.07. The highest BCUT2D eigenvalue weighted by Crippen LogP contribution is 2.26. The highest BCUT2D eigenvalue weighted by molar-refractivity contribution is 6.35. The Morgan fingerprint density at radius 1 is 1.33 bits per heavy atom. The van der Waals surface area contributed by atoms with E-state index in [4.69, 9.17) is 27.6 Å². The number of aryl methyl sites for hydroxylation is 2. The summed E-state index contributed by atoms with van der Waals surface area (Å²) in [7, 11) is 0. The van der Waals surface area contributed by atoms with Gasteiger partial charge in [-0.25, -0.2) is 9.97 Å². The average molecular weight is 324 g/mol. The molecule has 21 heavy (non-hydrogen) atoms. The third kappa shape index (κ3) is 2.78. The zero-order valence-electron chi connectivity index (χ0n) is 11.6. The van der Waals surface area contributed by atoms with Crippen molar-refractivity contribution in [1.82, 2.24) is 14.5 Å². The molecule has 1 aromatic carbocycles. The molecule has 0 amide bonds. The van der Waals surface area contributed by atoms with Gasteiger partial charge in [0.05, 0.1) is 22.3 Å². The molecule has 2 aromatic heterocycles. The summed E-state index contributed by atoms with van der Waals surface area (Å²) in [4.78, 5) is 8.92. The predicted molar refractivity (Wildman–Crippen MR) is 84.2 cm³/mol. The highest BCUT2D eigenvalue weighted by Gasteiger charge is 2.15. The molecule has 3 rings (SSSR count). The summed E-state index contributed by atoms with van der Waals surface area (Å²) < 4.78 is 7.73. The maximum absolute atomic E-state index is 6.33. The monoisotopic (exact) mass is 323 g/mol. The van der Waals surface area contributed by atoms with Crippen molar-refractivity contribution >= 4 is 34.2 Å². The van der Waals surface area contributed by atoms with Gasteiger partial charge in [0.1, 0.15) is 18.1 Å². The van der Waals surface area contributed by atoms with Gasteiger partial charge >= 0.3 is 0 Å². The summed E-state index contributed by atoms with van der Waals surface area (Å²) in [5.41, 5.74) is 1.76. The SMILES string of the molecule is CCc1cnc(Cn2c(CCCl)nc3cccc(Cl)c32)o1. The van der Waals surface area contributed by atoms with Crippen LogP contribution in [0.2, 0.25) is 5.02 Å². The molecule has 110 valence electrons. The number of fused-ring (bicyclic) bond motifs is 1. The maximum atomic E-state index is 6.33. The number of hydrogen-bond acceptors (Lipinski definition) is 3. The van der Waals surface area contributed by atoms with Gasteiger partial charge in [0.15, 0.2) is 0 Å². The first-order valence-corrected chi connectivity index (χ1v) is 7.77. The number of halogens is 2. The summed E-state index contributed by atoms with van der Waals surface area (Å²) >= 11 is 12.2. The second-order valence-electron chi connectivity index (χ2n) is 4.73. The molecule has 0 aliphatic carbocycles. The molecule has 2 heterocycles. The van der Waals surface area contributed by atoms with Gasteiger partial charge in [0.25, 0.3) is 0 Å². The van der Waals surface area contributed by atoms with E-state index in [1.807, 2.05) is 29.7 Å². The van der Waals surface area contributed by atoms with Crippen LogP contribution in [0, 0.1) is 0 Å². The van der Waals surface area contributed by atoms with E-state index in [0.29, 0.717) is 29.8 Å². The minimum Gasteiger partial charge on any atom is -0.444 e. The van der Waals surface area contributed by atoms with Crippen LogP contribution >= 0.6 is 23.2 Å². The fraction of sp³-hybridized carbons (Fsp3) is 0.333. The molecule has 0 N–H and O–H groups in total. The van der Waals surface area contributed by atoms with E-state index < -0.39 is 0 Å². The highest BCUT2D eigenvalue weighted by atomic mass is 35.5. The molecule has 0 spiro atoms. The maximum Gasteiger partial charge on any atom is 0.214 e. The Kier molecular flexibility index (Phi) is 4.17. The Labute approximate surface area is 132 Å². The molecule has 4 nitrogen and oxygen atoms in total. The quantitative estimate of drug-likeness (QED) is 0.665. The van der Waals surface area contributed by atoms with Crippen LogP contribution in [0.3, 0.4) is 0 Å². The van der Waals surface area contributed by atoms with Gasteiger partial charge in [-0.3, -0.25) is 0 Å². The van der Waals surface area contributed by atoms with E-state index in [-0.39, 0.29) is 0 Å². The summed E-state index contributed by atoms with van der Waals surface area (Å²) in [5, 5.41) is 0.670. The Balaban J connectivity index is 2.07. The molecule has 0 atom stereocenters. The lowest BCUT2D eigenvalue weighted by atomic mass is 10.3. The molecule has 0 aliphatic heterocycles. The smallest absolute Gasteiger partial charge is 0.214 e. The standard InChI is InChI=1S/C15H15Cl2N3O/c1-2-10-8-18-14(21-10)9-20-13(6-7-16)19-12-5-3-4-11(17)15(12)20/h3-5,8H,2,6-7,9H2,1H3. The van der Waals surface area contributed by atoms with Crippen LogP contribution in [0.5, 0.6) is 0 Å². The number of rotatable bonds is 5. The number of hydrogen-bond donors (Lipinski definition) is 0. The fourth-order valence-electron chi connectivity index (χ4n) is 2.36. The first-order valence-electron chi connectivity index (χ1n) is 6.86. The van der Waals surface area contributed by atoms with Gasteiger partial charge < -0.3 is 8.98 Å². The minimum atomic E-state index is 0.506. The van der Waals surface area contributed by atoms with Gasteiger partial charge in [0.2, 0.25) is 5.89 Å². The van der Waals surface area contributed by atoms with Crippen molar-refractivity contribution < 1.29 is 4.42 Å². The van der Waals surface area contributed by atoms with E-state index >= 15 is 0 Å². The number of imidazole rings is 1. The van der Waals surface area contributed by atoms with E-state index in [1.54, 1.807) is 6.20 Å². The van der Waals surface area contributed by atoms with E-state index in [9.17, 15) is 0 Å². The lowest BCUT2D eigenvalue weighted by Gasteiger charge is -2.06. The number of oxazole rings is 1. The van der Waals surface area contributed by atoms with Crippen molar-refractivity contribution in [2.45, 2.75) is 26.3 Å². The molecule has 0 unspecified atom stereocenters. The van der Waals surface area contributed by atoms with Crippen LogP contribution in [0.1, 0.15) is 24.4 Å². The minimum absolute atomic E-state index is 0.506. The lowest BCUT2D eigenvalue weighted by Crippen LogP contribution is -2.06. The molecule has 0 fully saturated rings. The zero-order chi connectivity index (χ0) is 14.8. The topological polar surface area (TPSA) is 43.9 Å². The summed E-state index contributed by atoms with van der Waals surface area (Å²) in [5.74, 6) is 2.93. The van der Waals surface area contributed by atoms with Crippen molar-refractivity contribution in [1.29, 1.82) is 0 Å². The Hall–Kier alpha value is -1.52. The lowest BCUT2D eigenvalue weighted by molar-refractivity contribution is 0.445. The van der Waals surface area contributed by atoms with Crippen LogP contribution in [-0.2, 0) is 19.4 Å². The van der Waals surface area contributed by atoms with Gasteiger partial charge in [-0.1, -0.05) is 24.6 Å². The van der Waals surface area contributed by atoms with Gasteiger partial charge in [-0.15, -0.1) is 11.6 Å². The van der Waals surface area contributed by atoms with Crippen molar-refractivity contribution in [2.75, 3.05) is 5.88 Å². The first kappa shape index (κ1) is 14.4. The zero-order valence-corrected chi connectivity index (χ0v) is 13.2.